The fourth-order valence-corrected chi connectivity index (χ4v) is 3.02. The molecule has 6 nitrogen and oxygen atoms in total. The maximum atomic E-state index is 11.7. The Hall–Kier alpha value is -2.99. The van der Waals surface area contributed by atoms with Crippen molar-refractivity contribution >= 4 is 22.6 Å². The Labute approximate surface area is 159 Å². The van der Waals surface area contributed by atoms with Gasteiger partial charge in [-0.3, -0.25) is 4.79 Å². The molecule has 1 heterocycles. The number of nitrogens with one attached hydrogen (secondary N) is 2. The molecule has 0 aliphatic rings. The fourth-order valence-electron chi connectivity index (χ4n) is 3.02. The Morgan fingerprint density at radius 1 is 1.04 bits per heavy atom. The maximum Gasteiger partial charge on any atom is 0.250 e. The number of primary amides is 1. The average Bonchev–Trinajstić information content (AvgIpc) is 2.67. The minimum Gasteiger partial charge on any atom is -0.366 e. The monoisotopic (exact) mass is 363 g/mol. The molecule has 0 bridgehead atoms. The van der Waals surface area contributed by atoms with Gasteiger partial charge in [-0.25, -0.2) is 9.97 Å². The van der Waals surface area contributed by atoms with Crippen molar-refractivity contribution in [3.63, 3.8) is 0 Å². The molecule has 0 radical (unpaired) electrons. The second kappa shape index (κ2) is 8.60. The first-order valence-corrected chi connectivity index (χ1v) is 9.12. The number of hydrogen-bond acceptors (Lipinski definition) is 5. The minimum absolute atomic E-state index is 0.0280. The van der Waals surface area contributed by atoms with Gasteiger partial charge in [-0.2, -0.15) is 0 Å². The van der Waals surface area contributed by atoms with Crippen molar-refractivity contribution in [2.24, 2.45) is 11.7 Å². The highest BCUT2D eigenvalue weighted by atomic mass is 16.1. The Morgan fingerprint density at radius 2 is 1.81 bits per heavy atom. The number of fused-ring (bicyclic) bond motifs is 1. The van der Waals surface area contributed by atoms with E-state index in [0.717, 1.165) is 24.0 Å². The Morgan fingerprint density at radius 3 is 2.52 bits per heavy atom. The SMILES string of the molecule is CC(C)CNC[C@@H](Nc1ncnc2c(C(N)=O)cccc12)c1ccccc1. The fraction of sp³-hybridized carbons (Fsp3) is 0.286. The standard InChI is InChI=1S/C21H25N5O/c1-14(2)11-23-12-18(15-7-4-3-5-8-15)26-21-17-10-6-9-16(20(22)27)19(17)24-13-25-21/h3-10,13-14,18,23H,11-12H2,1-2H3,(H2,22,27)(H,24,25,26)/t18-/m1/s1. The van der Waals surface area contributed by atoms with Crippen molar-refractivity contribution in [3.05, 3.63) is 66.0 Å². The van der Waals surface area contributed by atoms with Gasteiger partial charge in [-0.15, -0.1) is 0 Å². The van der Waals surface area contributed by atoms with E-state index in [0.29, 0.717) is 22.8 Å². The zero-order valence-electron chi connectivity index (χ0n) is 15.6. The Bertz CT molecular complexity index is 911. The maximum absolute atomic E-state index is 11.7. The highest BCUT2D eigenvalue weighted by Gasteiger charge is 2.16. The molecule has 1 atom stereocenters. The predicted octanol–water partition coefficient (Wildman–Crippen LogP) is 3.13. The number of carbonyl (C=O) groups is 1. The van der Waals surface area contributed by atoms with Crippen LogP contribution in [-0.2, 0) is 0 Å². The van der Waals surface area contributed by atoms with Gasteiger partial charge in [-0.1, -0.05) is 50.2 Å². The molecule has 0 unspecified atom stereocenters. The summed E-state index contributed by atoms with van der Waals surface area (Å²) in [6, 6.07) is 15.6. The predicted molar refractivity (Wildman–Crippen MR) is 109 cm³/mol. The van der Waals surface area contributed by atoms with Crippen LogP contribution in [0.25, 0.3) is 10.9 Å². The third kappa shape index (κ3) is 4.60. The third-order valence-electron chi connectivity index (χ3n) is 4.34. The highest BCUT2D eigenvalue weighted by Crippen LogP contribution is 2.25. The highest BCUT2D eigenvalue weighted by molar-refractivity contribution is 6.06. The van der Waals surface area contributed by atoms with Crippen LogP contribution < -0.4 is 16.4 Å². The molecular formula is C21H25N5O. The van der Waals surface area contributed by atoms with Gasteiger partial charge in [0.15, 0.2) is 0 Å². The number of aromatic nitrogens is 2. The number of nitrogens with two attached hydrogens (primary N) is 1. The molecule has 2 aromatic carbocycles. The van der Waals surface area contributed by atoms with Gasteiger partial charge >= 0.3 is 0 Å². The van der Waals surface area contributed by atoms with E-state index in [1.807, 2.05) is 24.3 Å². The molecule has 6 heteroatoms. The van der Waals surface area contributed by atoms with Crippen LogP contribution >= 0.6 is 0 Å². The van der Waals surface area contributed by atoms with Gasteiger partial charge in [0.2, 0.25) is 0 Å². The van der Waals surface area contributed by atoms with Gasteiger partial charge in [-0.05, 0) is 30.2 Å². The lowest BCUT2D eigenvalue weighted by Gasteiger charge is -2.22. The number of rotatable bonds is 8. The Balaban J connectivity index is 1.93. The number of amides is 1. The van der Waals surface area contributed by atoms with Crippen molar-refractivity contribution in [2.45, 2.75) is 19.9 Å². The number of benzene rings is 2. The molecule has 0 spiro atoms. The van der Waals surface area contributed by atoms with Gasteiger partial charge < -0.3 is 16.4 Å². The van der Waals surface area contributed by atoms with Crippen molar-refractivity contribution in [1.29, 1.82) is 0 Å². The van der Waals surface area contributed by atoms with Gasteiger partial charge in [0.1, 0.15) is 12.1 Å². The van der Waals surface area contributed by atoms with Crippen molar-refractivity contribution in [2.75, 3.05) is 18.4 Å². The van der Waals surface area contributed by atoms with Crippen molar-refractivity contribution in [3.8, 4) is 0 Å². The van der Waals surface area contributed by atoms with E-state index in [1.165, 1.54) is 6.33 Å². The van der Waals surface area contributed by atoms with E-state index in [-0.39, 0.29) is 6.04 Å². The zero-order valence-corrected chi connectivity index (χ0v) is 15.6. The van der Waals surface area contributed by atoms with Gasteiger partial charge in [0.25, 0.3) is 5.91 Å². The lowest BCUT2D eigenvalue weighted by Crippen LogP contribution is -2.29. The smallest absolute Gasteiger partial charge is 0.250 e. The summed E-state index contributed by atoms with van der Waals surface area (Å²) in [6.45, 7) is 6.05. The zero-order chi connectivity index (χ0) is 19.2. The summed E-state index contributed by atoms with van der Waals surface area (Å²) in [7, 11) is 0. The first-order chi connectivity index (χ1) is 13.1. The second-order valence-corrected chi connectivity index (χ2v) is 6.95. The molecule has 3 rings (SSSR count). The first-order valence-electron chi connectivity index (χ1n) is 9.12. The summed E-state index contributed by atoms with van der Waals surface area (Å²) in [6.07, 6.45) is 1.46. The lowest BCUT2D eigenvalue weighted by molar-refractivity contribution is 0.100. The molecule has 3 aromatic rings. The molecule has 1 amide bonds. The second-order valence-electron chi connectivity index (χ2n) is 6.95. The number of carbonyl (C=O) groups excluding carboxylic acids is 1. The number of para-hydroxylation sites is 1. The van der Waals surface area contributed by atoms with E-state index >= 15 is 0 Å². The van der Waals surface area contributed by atoms with E-state index in [2.05, 4.69) is 46.6 Å². The summed E-state index contributed by atoms with van der Waals surface area (Å²) in [5, 5.41) is 7.79. The van der Waals surface area contributed by atoms with Crippen LogP contribution in [0.4, 0.5) is 5.82 Å². The summed E-state index contributed by atoms with van der Waals surface area (Å²) < 4.78 is 0. The van der Waals surface area contributed by atoms with Crippen LogP contribution in [-0.4, -0.2) is 29.0 Å². The van der Waals surface area contributed by atoms with Crippen LogP contribution in [0.1, 0.15) is 35.8 Å². The largest absolute Gasteiger partial charge is 0.366 e. The molecule has 0 saturated carbocycles. The van der Waals surface area contributed by atoms with Gasteiger partial charge in [0.05, 0.1) is 17.1 Å². The summed E-state index contributed by atoms with van der Waals surface area (Å²) >= 11 is 0. The number of anilines is 1. The minimum atomic E-state index is -0.497. The molecule has 0 fully saturated rings. The molecule has 0 aliphatic heterocycles. The summed E-state index contributed by atoms with van der Waals surface area (Å²) in [4.78, 5) is 20.4. The summed E-state index contributed by atoms with van der Waals surface area (Å²) in [5.74, 6) is 0.756. The van der Waals surface area contributed by atoms with E-state index < -0.39 is 5.91 Å². The quantitative estimate of drug-likeness (QED) is 0.572. The molecule has 140 valence electrons. The average molecular weight is 363 g/mol. The molecule has 0 saturated heterocycles. The normalized spacial score (nSPS) is 12.3. The molecule has 1 aromatic heterocycles. The summed E-state index contributed by atoms with van der Waals surface area (Å²) in [5.41, 5.74) is 7.60. The lowest BCUT2D eigenvalue weighted by atomic mass is 10.1. The Kier molecular flexibility index (Phi) is 5.98. The van der Waals surface area contributed by atoms with Crippen LogP contribution in [0.2, 0.25) is 0 Å². The van der Waals surface area contributed by atoms with Crippen LogP contribution in [0.15, 0.2) is 54.9 Å². The van der Waals surface area contributed by atoms with E-state index in [9.17, 15) is 4.79 Å². The van der Waals surface area contributed by atoms with Crippen molar-refractivity contribution < 1.29 is 4.79 Å². The molecule has 0 aliphatic carbocycles. The molecular weight excluding hydrogens is 338 g/mol. The van der Waals surface area contributed by atoms with Crippen molar-refractivity contribution in [1.82, 2.24) is 15.3 Å². The molecule has 27 heavy (non-hydrogen) atoms. The molecule has 4 N–H and O–H groups in total. The topological polar surface area (TPSA) is 92.9 Å². The van der Waals surface area contributed by atoms with Crippen LogP contribution in [0.3, 0.4) is 0 Å². The third-order valence-corrected chi connectivity index (χ3v) is 4.34. The number of nitrogens with zero attached hydrogens (tertiary/aromatic N) is 2. The first kappa shape index (κ1) is 18.8. The van der Waals surface area contributed by atoms with Gasteiger partial charge in [0, 0.05) is 11.9 Å². The van der Waals surface area contributed by atoms with E-state index in [1.54, 1.807) is 12.1 Å². The number of hydrogen-bond donors (Lipinski definition) is 3. The van der Waals surface area contributed by atoms with Crippen LogP contribution in [0.5, 0.6) is 0 Å². The van der Waals surface area contributed by atoms with Crippen LogP contribution in [0, 0.1) is 5.92 Å². The van der Waals surface area contributed by atoms with E-state index in [4.69, 9.17) is 5.73 Å².